The predicted molar refractivity (Wildman–Crippen MR) is 83.4 cm³/mol. The molecule has 0 aliphatic rings. The summed E-state index contributed by atoms with van der Waals surface area (Å²) in [6.45, 7) is 2.51. The van der Waals surface area contributed by atoms with Gasteiger partial charge < -0.3 is 14.9 Å². The number of phenols is 1. The zero-order valence-electron chi connectivity index (χ0n) is 13.5. The molecule has 0 bridgehead atoms. The molecule has 0 aliphatic heterocycles. The number of carbonyl (C=O) groups excluding carboxylic acids is 1. The first-order valence-corrected chi connectivity index (χ1v) is 7.54. The molecule has 1 amide bonds. The van der Waals surface area contributed by atoms with Crippen molar-refractivity contribution in [3.8, 4) is 5.75 Å². The van der Waals surface area contributed by atoms with Crippen molar-refractivity contribution >= 4 is 17.7 Å². The zero-order chi connectivity index (χ0) is 16.4. The maximum Gasteiger partial charge on any atom is 0.411 e. The second-order valence-electron chi connectivity index (χ2n) is 5.07. The van der Waals surface area contributed by atoms with Crippen LogP contribution < -0.4 is 5.32 Å². The van der Waals surface area contributed by atoms with Gasteiger partial charge in [0.25, 0.3) is 0 Å². The number of aromatic carboxylic acids is 1. The molecule has 1 aromatic carbocycles. The Morgan fingerprint density at radius 2 is 1.78 bits per heavy atom. The first-order valence-electron chi connectivity index (χ1n) is 7.54. The molecule has 7 heteroatoms. The minimum absolute atomic E-state index is 0. The topological polar surface area (TPSA) is 95.9 Å². The van der Waals surface area contributed by atoms with Gasteiger partial charge >= 0.3 is 12.1 Å². The number of anilines is 1. The van der Waals surface area contributed by atoms with Crippen molar-refractivity contribution in [1.82, 2.24) is 0 Å². The van der Waals surface area contributed by atoms with Gasteiger partial charge in [-0.15, -0.1) is 0 Å². The number of aromatic hydroxyl groups is 1. The van der Waals surface area contributed by atoms with E-state index in [1.165, 1.54) is 37.5 Å². The quantitative estimate of drug-likeness (QED) is 0.448. The molecule has 0 atom stereocenters. The van der Waals surface area contributed by atoms with Crippen LogP contribution in [0.15, 0.2) is 18.2 Å². The molecule has 0 saturated carbocycles. The molecule has 23 heavy (non-hydrogen) atoms. The van der Waals surface area contributed by atoms with Crippen LogP contribution in [0.1, 0.15) is 55.8 Å². The number of carbonyl (C=O) groups is 2. The largest absolute Gasteiger partial charge is 0.507 e. The van der Waals surface area contributed by atoms with Crippen LogP contribution in [-0.2, 0) is 24.2 Å². The number of carboxylic acids is 1. The Morgan fingerprint density at radius 3 is 2.39 bits per heavy atom. The molecule has 6 nitrogen and oxygen atoms in total. The molecule has 0 fully saturated rings. The molecule has 124 valence electrons. The Labute approximate surface area is 149 Å². The van der Waals surface area contributed by atoms with Gasteiger partial charge in [-0.3, -0.25) is 5.32 Å². The molecule has 3 N–H and O–H groups in total. The van der Waals surface area contributed by atoms with Crippen molar-refractivity contribution in [2.45, 2.75) is 45.4 Å². The summed E-state index contributed by atoms with van der Waals surface area (Å²) in [4.78, 5) is 22.3. The van der Waals surface area contributed by atoms with E-state index in [4.69, 9.17) is 9.84 Å². The van der Waals surface area contributed by atoms with E-state index in [2.05, 4.69) is 12.2 Å². The molecule has 0 aliphatic carbocycles. The monoisotopic (exact) mass is 373 g/mol. The van der Waals surface area contributed by atoms with Crippen LogP contribution in [-0.4, -0.2) is 28.9 Å². The van der Waals surface area contributed by atoms with Gasteiger partial charge in [0.2, 0.25) is 0 Å². The van der Waals surface area contributed by atoms with Gasteiger partial charge in [-0.05, 0) is 18.6 Å². The fourth-order valence-corrected chi connectivity index (χ4v) is 1.99. The second-order valence-corrected chi connectivity index (χ2v) is 5.07. The number of unbranched alkanes of at least 4 members (excludes halogenated alkanes) is 5. The van der Waals surface area contributed by atoms with E-state index in [-0.39, 0.29) is 30.7 Å². The van der Waals surface area contributed by atoms with Crippen LogP contribution in [0.4, 0.5) is 10.5 Å². The number of rotatable bonds is 9. The standard InChI is InChI=1S/C16H23NO5.Zn/c1-2-3-4-5-6-7-10-22-16(21)17-12-8-9-13(15(19)20)14(18)11-12;/h8-9,11,18H,2-7,10H2,1H3,(H,17,21)(H,19,20);. The maximum absolute atomic E-state index is 11.5. The van der Waals surface area contributed by atoms with E-state index in [9.17, 15) is 14.7 Å². The zero-order valence-corrected chi connectivity index (χ0v) is 16.5. The Bertz CT molecular complexity index is 507. The summed E-state index contributed by atoms with van der Waals surface area (Å²) in [6.07, 6.45) is 6.02. The van der Waals surface area contributed by atoms with Crippen molar-refractivity contribution in [3.05, 3.63) is 23.8 Å². The van der Waals surface area contributed by atoms with Crippen molar-refractivity contribution in [2.75, 3.05) is 11.9 Å². The van der Waals surface area contributed by atoms with Gasteiger partial charge in [0.15, 0.2) is 0 Å². The third-order valence-electron chi connectivity index (χ3n) is 3.21. The first-order chi connectivity index (χ1) is 10.5. The van der Waals surface area contributed by atoms with E-state index in [0.29, 0.717) is 6.61 Å². The van der Waals surface area contributed by atoms with Gasteiger partial charge in [-0.25, -0.2) is 9.59 Å². The number of amides is 1. The maximum atomic E-state index is 11.5. The molecular weight excluding hydrogens is 352 g/mol. The van der Waals surface area contributed by atoms with E-state index >= 15 is 0 Å². The second kappa shape index (κ2) is 11.9. The smallest absolute Gasteiger partial charge is 0.411 e. The van der Waals surface area contributed by atoms with E-state index in [1.54, 1.807) is 0 Å². The molecule has 0 heterocycles. The normalized spacial score (nSPS) is 9.78. The third-order valence-corrected chi connectivity index (χ3v) is 3.21. The molecule has 1 rings (SSSR count). The summed E-state index contributed by atoms with van der Waals surface area (Å²) in [7, 11) is 0. The molecule has 0 radical (unpaired) electrons. The summed E-state index contributed by atoms with van der Waals surface area (Å²) in [6, 6.07) is 3.80. The summed E-state index contributed by atoms with van der Waals surface area (Å²) in [5.74, 6) is -1.63. The number of nitrogens with one attached hydrogen (secondary N) is 1. The van der Waals surface area contributed by atoms with Crippen LogP contribution in [0.2, 0.25) is 0 Å². The molecule has 0 unspecified atom stereocenters. The van der Waals surface area contributed by atoms with E-state index < -0.39 is 17.8 Å². The molecule has 0 aromatic heterocycles. The number of hydrogen-bond acceptors (Lipinski definition) is 4. The van der Waals surface area contributed by atoms with Gasteiger partial charge in [-0.2, -0.15) is 0 Å². The van der Waals surface area contributed by atoms with Gasteiger partial charge in [0, 0.05) is 31.2 Å². The number of ether oxygens (including phenoxy) is 1. The van der Waals surface area contributed by atoms with E-state index in [1.807, 2.05) is 0 Å². The molecule has 1 aromatic rings. The number of benzene rings is 1. The average molecular weight is 375 g/mol. The van der Waals surface area contributed by atoms with Gasteiger partial charge in [-0.1, -0.05) is 39.0 Å². The van der Waals surface area contributed by atoms with Crippen LogP contribution in [0.5, 0.6) is 5.75 Å². The predicted octanol–water partition coefficient (Wildman–Crippen LogP) is 4.00. The van der Waals surface area contributed by atoms with Crippen LogP contribution in [0.25, 0.3) is 0 Å². The van der Waals surface area contributed by atoms with Crippen LogP contribution in [0.3, 0.4) is 0 Å². The van der Waals surface area contributed by atoms with Crippen LogP contribution in [0, 0.1) is 0 Å². The Hall–Kier alpha value is -1.62. The Kier molecular flexibility index (Phi) is 11.1. The summed E-state index contributed by atoms with van der Waals surface area (Å²) >= 11 is 0. The van der Waals surface area contributed by atoms with Gasteiger partial charge in [0.1, 0.15) is 11.3 Å². The minimum atomic E-state index is -1.23. The molecule has 0 saturated heterocycles. The van der Waals surface area contributed by atoms with Crippen LogP contribution >= 0.6 is 0 Å². The summed E-state index contributed by atoms with van der Waals surface area (Å²) in [5.41, 5.74) is 0.0708. The van der Waals surface area contributed by atoms with E-state index in [0.717, 1.165) is 19.3 Å². The molecule has 0 spiro atoms. The Balaban J connectivity index is 0.00000484. The molecular formula is C16H23NO5Zn. The average Bonchev–Trinajstić information content (AvgIpc) is 2.46. The first kappa shape index (κ1) is 21.4. The van der Waals surface area contributed by atoms with Crippen molar-refractivity contribution in [1.29, 1.82) is 0 Å². The van der Waals surface area contributed by atoms with Crippen molar-refractivity contribution < 1.29 is 44.0 Å². The summed E-state index contributed by atoms with van der Waals surface area (Å²) in [5, 5.41) is 20.8. The van der Waals surface area contributed by atoms with Crippen molar-refractivity contribution in [3.63, 3.8) is 0 Å². The fourth-order valence-electron chi connectivity index (χ4n) is 1.99. The SMILES string of the molecule is CCCCCCCCOC(=O)Nc1ccc(C(=O)O)c(O)c1.[Zn]. The minimum Gasteiger partial charge on any atom is -0.507 e. The van der Waals surface area contributed by atoms with Crippen molar-refractivity contribution in [2.24, 2.45) is 0 Å². The number of carboxylic acid groups (broad SMARTS) is 1. The summed E-state index contributed by atoms with van der Waals surface area (Å²) < 4.78 is 5.02. The number of hydrogen-bond donors (Lipinski definition) is 3. The Morgan fingerprint density at radius 1 is 1.13 bits per heavy atom. The fraction of sp³-hybridized carbons (Fsp3) is 0.500. The third kappa shape index (κ3) is 8.55. The van der Waals surface area contributed by atoms with Gasteiger partial charge in [0.05, 0.1) is 6.61 Å².